The first-order chi connectivity index (χ1) is 11.0. The van der Waals surface area contributed by atoms with E-state index in [9.17, 15) is 4.79 Å². The van der Waals surface area contributed by atoms with E-state index in [0.29, 0.717) is 13.1 Å². The molecule has 0 radical (unpaired) electrons. The maximum atomic E-state index is 11.6. The number of thiophene rings is 1. The van der Waals surface area contributed by atoms with Crippen molar-refractivity contribution in [2.75, 3.05) is 0 Å². The van der Waals surface area contributed by atoms with Crippen LogP contribution in [0.2, 0.25) is 0 Å². The van der Waals surface area contributed by atoms with Gasteiger partial charge in [-0.3, -0.25) is 4.79 Å². The first-order valence-electron chi connectivity index (χ1n) is 7.65. The fourth-order valence-electron chi connectivity index (χ4n) is 2.53. The molecule has 3 rings (SSSR count). The molecule has 5 heteroatoms. The van der Waals surface area contributed by atoms with Gasteiger partial charge in [0.15, 0.2) is 0 Å². The van der Waals surface area contributed by atoms with Crippen LogP contribution in [0.4, 0.5) is 0 Å². The third-order valence-corrected chi connectivity index (χ3v) is 5.23. The predicted molar refractivity (Wildman–Crippen MR) is 94.2 cm³/mol. The summed E-state index contributed by atoms with van der Waals surface area (Å²) in [7, 11) is 0. The van der Waals surface area contributed by atoms with E-state index >= 15 is 0 Å². The van der Waals surface area contributed by atoms with Crippen LogP contribution in [0.1, 0.15) is 36.8 Å². The van der Waals surface area contributed by atoms with Gasteiger partial charge < -0.3 is 16.0 Å². The molecule has 1 aromatic heterocycles. The van der Waals surface area contributed by atoms with Crippen molar-refractivity contribution >= 4 is 17.2 Å². The smallest absolute Gasteiger partial charge is 0.261 e. The molecule has 4 nitrogen and oxygen atoms in total. The maximum Gasteiger partial charge on any atom is 0.261 e. The monoisotopic (exact) mass is 327 g/mol. The molecule has 0 saturated heterocycles. The topological polar surface area (TPSA) is 53.2 Å². The molecular weight excluding hydrogens is 306 g/mol. The number of benzene rings is 1. The Bertz CT molecular complexity index is 764. The second-order valence-electron chi connectivity index (χ2n) is 5.85. The van der Waals surface area contributed by atoms with Crippen LogP contribution in [0, 0.1) is 13.8 Å². The van der Waals surface area contributed by atoms with Crippen LogP contribution in [0.5, 0.6) is 0 Å². The summed E-state index contributed by atoms with van der Waals surface area (Å²) in [5, 5.41) is 9.39. The standard InChI is InChI=1S/C18H21N3OS/c1-11-4-5-14(6-12(11)2)8-19-13(3)20-10-16-7-15-9-21-18(22)17(15)23-16/h4-7,19-20H,3,8-10H2,1-2H3,(H,21,22). The van der Waals surface area contributed by atoms with Crippen LogP contribution in [0.25, 0.3) is 0 Å². The quantitative estimate of drug-likeness (QED) is 0.764. The molecule has 0 saturated carbocycles. The summed E-state index contributed by atoms with van der Waals surface area (Å²) in [5.41, 5.74) is 4.95. The number of amides is 1. The van der Waals surface area contributed by atoms with Gasteiger partial charge in [-0.05, 0) is 42.2 Å². The van der Waals surface area contributed by atoms with Crippen molar-refractivity contribution in [3.63, 3.8) is 0 Å². The minimum Gasteiger partial charge on any atom is -0.368 e. The number of nitrogens with one attached hydrogen (secondary N) is 3. The van der Waals surface area contributed by atoms with Gasteiger partial charge in [0.1, 0.15) is 0 Å². The Morgan fingerprint density at radius 3 is 2.74 bits per heavy atom. The largest absolute Gasteiger partial charge is 0.368 e. The number of fused-ring (bicyclic) bond motifs is 1. The lowest BCUT2D eigenvalue weighted by Gasteiger charge is -2.12. The van der Waals surface area contributed by atoms with Crippen molar-refractivity contribution in [1.29, 1.82) is 0 Å². The SMILES string of the molecule is C=C(NCc1ccc(C)c(C)c1)NCc1cc2c(s1)C(=O)NC2. The molecule has 2 heterocycles. The number of aryl methyl sites for hydroxylation is 2. The van der Waals surface area contributed by atoms with Crippen molar-refractivity contribution in [2.24, 2.45) is 0 Å². The minimum atomic E-state index is 0.0444. The van der Waals surface area contributed by atoms with Gasteiger partial charge in [-0.25, -0.2) is 0 Å². The van der Waals surface area contributed by atoms with Gasteiger partial charge in [-0.15, -0.1) is 11.3 Å². The van der Waals surface area contributed by atoms with E-state index in [2.05, 4.69) is 60.6 Å². The number of carbonyl (C=O) groups excluding carboxylic acids is 1. The Morgan fingerprint density at radius 2 is 2.00 bits per heavy atom. The molecule has 0 unspecified atom stereocenters. The molecule has 0 atom stereocenters. The molecule has 23 heavy (non-hydrogen) atoms. The van der Waals surface area contributed by atoms with E-state index in [1.54, 1.807) is 11.3 Å². The highest BCUT2D eigenvalue weighted by atomic mass is 32.1. The number of hydrogen-bond acceptors (Lipinski definition) is 4. The van der Waals surface area contributed by atoms with E-state index in [-0.39, 0.29) is 5.91 Å². The fourth-order valence-corrected chi connectivity index (χ4v) is 3.57. The molecule has 0 spiro atoms. The zero-order valence-corrected chi connectivity index (χ0v) is 14.3. The van der Waals surface area contributed by atoms with Crippen molar-refractivity contribution in [2.45, 2.75) is 33.5 Å². The van der Waals surface area contributed by atoms with E-state index < -0.39 is 0 Å². The van der Waals surface area contributed by atoms with E-state index in [0.717, 1.165) is 27.7 Å². The summed E-state index contributed by atoms with van der Waals surface area (Å²) in [6.07, 6.45) is 0. The summed E-state index contributed by atoms with van der Waals surface area (Å²) in [5.74, 6) is 0.837. The van der Waals surface area contributed by atoms with Crippen LogP contribution < -0.4 is 16.0 Å². The second kappa shape index (κ2) is 6.46. The van der Waals surface area contributed by atoms with Crippen molar-refractivity contribution < 1.29 is 4.79 Å². The van der Waals surface area contributed by atoms with Crippen LogP contribution in [-0.2, 0) is 19.6 Å². The van der Waals surface area contributed by atoms with Crippen molar-refractivity contribution in [1.82, 2.24) is 16.0 Å². The maximum absolute atomic E-state index is 11.6. The van der Waals surface area contributed by atoms with Gasteiger partial charge in [-0.1, -0.05) is 24.8 Å². The minimum absolute atomic E-state index is 0.0444. The molecule has 2 aromatic rings. The lowest BCUT2D eigenvalue weighted by atomic mass is 10.1. The zero-order chi connectivity index (χ0) is 16.4. The second-order valence-corrected chi connectivity index (χ2v) is 6.99. The number of carbonyl (C=O) groups is 1. The van der Waals surface area contributed by atoms with Crippen molar-refractivity contribution in [3.8, 4) is 0 Å². The molecule has 1 aromatic carbocycles. The molecule has 0 bridgehead atoms. The highest BCUT2D eigenvalue weighted by Gasteiger charge is 2.21. The Labute approximate surface area is 140 Å². The molecule has 1 aliphatic heterocycles. The number of hydrogen-bond donors (Lipinski definition) is 3. The van der Waals surface area contributed by atoms with E-state index in [4.69, 9.17) is 0 Å². The van der Waals surface area contributed by atoms with Gasteiger partial charge in [-0.2, -0.15) is 0 Å². The zero-order valence-electron chi connectivity index (χ0n) is 13.5. The molecule has 120 valence electrons. The molecule has 1 aliphatic rings. The summed E-state index contributed by atoms with van der Waals surface area (Å²) >= 11 is 1.55. The summed E-state index contributed by atoms with van der Waals surface area (Å²) in [4.78, 5) is 13.6. The average Bonchev–Trinajstić information content (AvgIpc) is 3.08. The Balaban J connectivity index is 1.49. The van der Waals surface area contributed by atoms with Gasteiger partial charge in [0.2, 0.25) is 0 Å². The summed E-state index contributed by atoms with van der Waals surface area (Å²) < 4.78 is 0. The van der Waals surface area contributed by atoms with Crippen LogP contribution in [0.3, 0.4) is 0 Å². The predicted octanol–water partition coefficient (Wildman–Crippen LogP) is 2.96. The van der Waals surface area contributed by atoms with Crippen LogP contribution in [-0.4, -0.2) is 5.91 Å². The highest BCUT2D eigenvalue weighted by molar-refractivity contribution is 7.14. The Kier molecular flexibility index (Phi) is 4.39. The molecular formula is C18H21N3OS. The third-order valence-electron chi connectivity index (χ3n) is 4.06. The molecule has 0 aliphatic carbocycles. The molecule has 0 fully saturated rings. The highest BCUT2D eigenvalue weighted by Crippen LogP contribution is 2.26. The van der Waals surface area contributed by atoms with E-state index in [1.165, 1.54) is 16.7 Å². The van der Waals surface area contributed by atoms with E-state index in [1.807, 2.05) is 0 Å². The van der Waals surface area contributed by atoms with Crippen molar-refractivity contribution in [3.05, 3.63) is 68.7 Å². The lowest BCUT2D eigenvalue weighted by molar-refractivity contribution is 0.0969. The average molecular weight is 327 g/mol. The van der Waals surface area contributed by atoms with Crippen LogP contribution >= 0.6 is 11.3 Å². The first-order valence-corrected chi connectivity index (χ1v) is 8.47. The lowest BCUT2D eigenvalue weighted by Crippen LogP contribution is -2.24. The normalized spacial score (nSPS) is 12.7. The Morgan fingerprint density at radius 1 is 1.22 bits per heavy atom. The third kappa shape index (κ3) is 3.56. The van der Waals surface area contributed by atoms with Gasteiger partial charge >= 0.3 is 0 Å². The number of rotatable bonds is 6. The van der Waals surface area contributed by atoms with Gasteiger partial charge in [0, 0.05) is 18.0 Å². The first kappa shape index (κ1) is 15.6. The van der Waals surface area contributed by atoms with Crippen LogP contribution in [0.15, 0.2) is 36.7 Å². The molecule has 1 amide bonds. The summed E-state index contributed by atoms with van der Waals surface area (Å²) in [6.45, 7) is 10.3. The fraction of sp³-hybridized carbons (Fsp3) is 0.278. The Hall–Kier alpha value is -2.27. The molecule has 3 N–H and O–H groups in total. The van der Waals surface area contributed by atoms with Gasteiger partial charge in [0.05, 0.1) is 17.2 Å². The summed E-state index contributed by atoms with van der Waals surface area (Å²) in [6, 6.07) is 8.55. The van der Waals surface area contributed by atoms with Gasteiger partial charge in [0.25, 0.3) is 5.91 Å².